The summed E-state index contributed by atoms with van der Waals surface area (Å²) in [6, 6.07) is -0.916. The summed E-state index contributed by atoms with van der Waals surface area (Å²) in [4.78, 5) is 20.4. The van der Waals surface area contributed by atoms with E-state index >= 15 is 0 Å². The largest absolute Gasteiger partial charge is 0.480 e. The minimum atomic E-state index is -1.08. The van der Waals surface area contributed by atoms with Crippen molar-refractivity contribution in [3.8, 4) is 0 Å². The minimum absolute atomic E-state index is 0.0288. The number of carboxylic acid groups (broad SMARTS) is 1. The van der Waals surface area contributed by atoms with Crippen molar-refractivity contribution in [3.63, 3.8) is 0 Å². The average Bonchev–Trinajstić information content (AvgIpc) is 2.04. The standard InChI is InChI=1S/C5H8N2O4/c8-5(9)4-3-11-2-1-7(4)6-10/h4H,1-3H2,(H,8,9). The van der Waals surface area contributed by atoms with Crippen LogP contribution in [0.15, 0.2) is 5.29 Å². The summed E-state index contributed by atoms with van der Waals surface area (Å²) in [5.41, 5.74) is 0. The first-order valence-electron chi connectivity index (χ1n) is 3.16. The van der Waals surface area contributed by atoms with E-state index in [4.69, 9.17) is 9.84 Å². The molecular weight excluding hydrogens is 152 g/mol. The molecule has 0 bridgehead atoms. The molecule has 0 saturated carbocycles. The van der Waals surface area contributed by atoms with Crippen molar-refractivity contribution in [1.29, 1.82) is 0 Å². The molecule has 1 aliphatic rings. The maximum atomic E-state index is 10.4. The topological polar surface area (TPSA) is 79.2 Å². The van der Waals surface area contributed by atoms with E-state index in [1.807, 2.05) is 0 Å². The Bertz CT molecular complexity index is 172. The Kier molecular flexibility index (Phi) is 2.37. The zero-order valence-electron chi connectivity index (χ0n) is 5.77. The van der Waals surface area contributed by atoms with Gasteiger partial charge < -0.3 is 9.84 Å². The van der Waals surface area contributed by atoms with Gasteiger partial charge in [-0.05, 0) is 0 Å². The highest BCUT2D eigenvalue weighted by Gasteiger charge is 2.29. The van der Waals surface area contributed by atoms with Crippen LogP contribution in [0.3, 0.4) is 0 Å². The van der Waals surface area contributed by atoms with Crippen molar-refractivity contribution in [1.82, 2.24) is 5.01 Å². The summed E-state index contributed by atoms with van der Waals surface area (Å²) < 4.78 is 4.85. The van der Waals surface area contributed by atoms with Gasteiger partial charge in [0, 0.05) is 0 Å². The number of carboxylic acids is 1. The molecule has 6 nitrogen and oxygen atoms in total. The lowest BCUT2D eigenvalue weighted by atomic mass is 10.3. The number of morpholine rings is 1. The van der Waals surface area contributed by atoms with Crippen molar-refractivity contribution < 1.29 is 14.6 Å². The lowest BCUT2D eigenvalue weighted by Gasteiger charge is -2.27. The number of rotatable bonds is 2. The average molecular weight is 160 g/mol. The maximum Gasteiger partial charge on any atom is 0.330 e. The summed E-state index contributed by atoms with van der Waals surface area (Å²) in [7, 11) is 0. The van der Waals surface area contributed by atoms with Crippen molar-refractivity contribution in [2.75, 3.05) is 19.8 Å². The van der Waals surface area contributed by atoms with Crippen LogP contribution in [-0.4, -0.2) is 41.9 Å². The highest BCUT2D eigenvalue weighted by Crippen LogP contribution is 2.06. The Labute approximate surface area is 62.7 Å². The zero-order valence-corrected chi connectivity index (χ0v) is 5.77. The normalized spacial score (nSPS) is 24.7. The highest BCUT2D eigenvalue weighted by atomic mass is 16.5. The molecular formula is C5H8N2O4. The van der Waals surface area contributed by atoms with Crippen LogP contribution in [-0.2, 0) is 9.53 Å². The van der Waals surface area contributed by atoms with Gasteiger partial charge in [-0.15, -0.1) is 4.91 Å². The fourth-order valence-electron chi connectivity index (χ4n) is 0.891. The molecule has 0 aliphatic carbocycles. The minimum Gasteiger partial charge on any atom is -0.480 e. The van der Waals surface area contributed by atoms with Crippen molar-refractivity contribution in [2.45, 2.75) is 6.04 Å². The molecule has 1 unspecified atom stereocenters. The second kappa shape index (κ2) is 3.29. The van der Waals surface area contributed by atoms with Crippen LogP contribution in [0.4, 0.5) is 0 Å². The Morgan fingerprint density at radius 3 is 2.91 bits per heavy atom. The zero-order chi connectivity index (χ0) is 8.27. The monoisotopic (exact) mass is 160 g/mol. The van der Waals surface area contributed by atoms with Crippen LogP contribution in [0, 0.1) is 4.91 Å². The summed E-state index contributed by atoms with van der Waals surface area (Å²) in [6.45, 7) is 0.636. The van der Waals surface area contributed by atoms with Gasteiger partial charge in [-0.2, -0.15) is 0 Å². The van der Waals surface area contributed by atoms with Crippen molar-refractivity contribution in [3.05, 3.63) is 4.91 Å². The third-order valence-electron chi connectivity index (χ3n) is 1.49. The predicted molar refractivity (Wildman–Crippen MR) is 34.7 cm³/mol. The maximum absolute atomic E-state index is 10.4. The molecule has 0 aromatic heterocycles. The van der Waals surface area contributed by atoms with Gasteiger partial charge in [0.05, 0.1) is 25.0 Å². The van der Waals surface area contributed by atoms with Crippen LogP contribution in [0.25, 0.3) is 0 Å². The van der Waals surface area contributed by atoms with E-state index in [2.05, 4.69) is 5.29 Å². The number of carbonyl (C=O) groups is 1. The smallest absolute Gasteiger partial charge is 0.330 e. The fourth-order valence-corrected chi connectivity index (χ4v) is 0.891. The van der Waals surface area contributed by atoms with Crippen LogP contribution >= 0.6 is 0 Å². The van der Waals surface area contributed by atoms with Crippen LogP contribution in [0.1, 0.15) is 0 Å². The third kappa shape index (κ3) is 1.64. The Morgan fingerprint density at radius 1 is 1.73 bits per heavy atom. The van der Waals surface area contributed by atoms with E-state index in [-0.39, 0.29) is 13.2 Å². The van der Waals surface area contributed by atoms with E-state index in [0.717, 1.165) is 5.01 Å². The number of hydrogen-bond acceptors (Lipinski definition) is 4. The molecule has 62 valence electrons. The van der Waals surface area contributed by atoms with E-state index in [9.17, 15) is 9.70 Å². The van der Waals surface area contributed by atoms with Crippen LogP contribution < -0.4 is 0 Å². The summed E-state index contributed by atoms with van der Waals surface area (Å²) >= 11 is 0. The molecule has 0 radical (unpaired) electrons. The first-order valence-corrected chi connectivity index (χ1v) is 3.16. The highest BCUT2D eigenvalue weighted by molar-refractivity contribution is 5.73. The SMILES string of the molecule is O=NN1CCOCC1C(=O)O. The summed E-state index contributed by atoms with van der Waals surface area (Å²) in [5.74, 6) is -1.08. The fraction of sp³-hybridized carbons (Fsp3) is 0.800. The van der Waals surface area contributed by atoms with E-state index in [1.54, 1.807) is 0 Å². The number of nitrogens with zero attached hydrogens (tertiary/aromatic N) is 2. The molecule has 1 atom stereocenters. The second-order valence-corrected chi connectivity index (χ2v) is 2.17. The summed E-state index contributed by atoms with van der Waals surface area (Å²) in [5, 5.41) is 12.1. The van der Waals surface area contributed by atoms with Gasteiger partial charge in [-0.3, -0.25) is 0 Å². The Morgan fingerprint density at radius 2 is 2.45 bits per heavy atom. The quantitative estimate of drug-likeness (QED) is 0.548. The molecule has 1 saturated heterocycles. The van der Waals surface area contributed by atoms with Gasteiger partial charge in [0.1, 0.15) is 0 Å². The van der Waals surface area contributed by atoms with E-state index < -0.39 is 12.0 Å². The lowest BCUT2D eigenvalue weighted by molar-refractivity contribution is -0.149. The first kappa shape index (κ1) is 7.93. The third-order valence-corrected chi connectivity index (χ3v) is 1.49. The molecule has 11 heavy (non-hydrogen) atoms. The van der Waals surface area contributed by atoms with Crippen molar-refractivity contribution >= 4 is 5.97 Å². The number of nitroso groups, excluding NO2 is 1. The molecule has 1 heterocycles. The first-order chi connectivity index (χ1) is 5.25. The lowest BCUT2D eigenvalue weighted by Crippen LogP contribution is -2.46. The van der Waals surface area contributed by atoms with Gasteiger partial charge in [0.25, 0.3) is 0 Å². The second-order valence-electron chi connectivity index (χ2n) is 2.17. The van der Waals surface area contributed by atoms with Gasteiger partial charge in [0.15, 0.2) is 6.04 Å². The van der Waals surface area contributed by atoms with E-state index in [0.29, 0.717) is 6.61 Å². The molecule has 0 aromatic rings. The molecule has 1 aliphatic heterocycles. The molecule has 0 amide bonds. The molecule has 1 rings (SSSR count). The molecule has 0 spiro atoms. The number of hydrogen-bond donors (Lipinski definition) is 1. The van der Waals surface area contributed by atoms with Crippen LogP contribution in [0.2, 0.25) is 0 Å². The Hall–Kier alpha value is -1.17. The van der Waals surface area contributed by atoms with Gasteiger partial charge >= 0.3 is 5.97 Å². The van der Waals surface area contributed by atoms with E-state index in [1.165, 1.54) is 0 Å². The molecule has 1 N–H and O–H groups in total. The molecule has 6 heteroatoms. The molecule has 1 fully saturated rings. The van der Waals surface area contributed by atoms with Crippen molar-refractivity contribution in [2.24, 2.45) is 5.29 Å². The molecule has 0 aromatic carbocycles. The predicted octanol–water partition coefficient (Wildman–Crippen LogP) is -0.547. The number of ether oxygens (including phenoxy) is 1. The van der Waals surface area contributed by atoms with Gasteiger partial charge in [-0.1, -0.05) is 0 Å². The Balaban J connectivity index is 2.58. The number of aliphatic carboxylic acids is 1. The van der Waals surface area contributed by atoms with Crippen LogP contribution in [0.5, 0.6) is 0 Å². The summed E-state index contributed by atoms with van der Waals surface area (Å²) in [6.07, 6.45) is 0. The van der Waals surface area contributed by atoms with Gasteiger partial charge in [-0.25, -0.2) is 9.80 Å². The van der Waals surface area contributed by atoms with Gasteiger partial charge in [0.2, 0.25) is 0 Å².